The lowest BCUT2D eigenvalue weighted by Crippen LogP contribution is -2.40. The lowest BCUT2D eigenvalue weighted by molar-refractivity contribution is 0.159. The molecule has 0 aromatic heterocycles. The van der Waals surface area contributed by atoms with E-state index in [1.165, 1.54) is 0 Å². The third kappa shape index (κ3) is 2.08. The number of aliphatic imine (C=N–C) groups is 1. The summed E-state index contributed by atoms with van der Waals surface area (Å²) in [6.07, 6.45) is 0. The van der Waals surface area contributed by atoms with Gasteiger partial charge in [0.2, 0.25) is 5.90 Å². The third-order valence-corrected chi connectivity index (χ3v) is 3.77. The van der Waals surface area contributed by atoms with Crippen LogP contribution >= 0.6 is 0 Å². The molecule has 92 valence electrons. The Morgan fingerprint density at radius 2 is 1.65 bits per heavy atom. The highest BCUT2D eigenvalue weighted by molar-refractivity contribution is 5.95. The Hall–Kier alpha value is -1.31. The lowest BCUT2D eigenvalue weighted by Gasteiger charge is -2.32. The molecule has 2 rings (SSSR count). The van der Waals surface area contributed by atoms with Gasteiger partial charge in [0.25, 0.3) is 0 Å². The number of hydrogen-bond donors (Lipinski definition) is 0. The predicted molar refractivity (Wildman–Crippen MR) is 71.3 cm³/mol. The molecule has 0 unspecified atom stereocenters. The average molecular weight is 231 g/mol. The zero-order valence-electron chi connectivity index (χ0n) is 11.1. The molecule has 0 N–H and O–H groups in total. The van der Waals surface area contributed by atoms with Crippen LogP contribution in [0.3, 0.4) is 0 Å². The van der Waals surface area contributed by atoms with E-state index < -0.39 is 0 Å². The van der Waals surface area contributed by atoms with Crippen molar-refractivity contribution in [3.05, 3.63) is 35.9 Å². The summed E-state index contributed by atoms with van der Waals surface area (Å²) in [6.45, 7) is 9.59. The SMILES string of the molecule is CC(C)C1(C(C)C)COC(c2ccccc2)=N1. The summed E-state index contributed by atoms with van der Waals surface area (Å²) in [5.74, 6) is 1.78. The van der Waals surface area contributed by atoms with Gasteiger partial charge in [-0.15, -0.1) is 0 Å². The van der Waals surface area contributed by atoms with Gasteiger partial charge in [-0.05, 0) is 24.0 Å². The summed E-state index contributed by atoms with van der Waals surface area (Å²) in [7, 11) is 0. The standard InChI is InChI=1S/C15H21NO/c1-11(2)15(12(3)4)10-17-14(16-15)13-8-6-5-7-9-13/h5-9,11-12H,10H2,1-4H3. The topological polar surface area (TPSA) is 21.6 Å². The zero-order chi connectivity index (χ0) is 12.5. The molecule has 0 spiro atoms. The Kier molecular flexibility index (Phi) is 3.23. The van der Waals surface area contributed by atoms with Crippen LogP contribution in [0.1, 0.15) is 33.3 Å². The summed E-state index contributed by atoms with van der Waals surface area (Å²) >= 11 is 0. The first-order valence-corrected chi connectivity index (χ1v) is 6.34. The van der Waals surface area contributed by atoms with Crippen LogP contribution in [-0.4, -0.2) is 18.0 Å². The maximum atomic E-state index is 5.83. The Labute approximate surface area is 104 Å². The highest BCUT2D eigenvalue weighted by Crippen LogP contribution is 2.35. The van der Waals surface area contributed by atoms with Crippen molar-refractivity contribution in [2.75, 3.05) is 6.61 Å². The number of hydrogen-bond acceptors (Lipinski definition) is 2. The fraction of sp³-hybridized carbons (Fsp3) is 0.533. The second-order valence-electron chi connectivity index (χ2n) is 5.37. The van der Waals surface area contributed by atoms with Gasteiger partial charge in [-0.2, -0.15) is 0 Å². The maximum absolute atomic E-state index is 5.83. The van der Waals surface area contributed by atoms with Crippen molar-refractivity contribution >= 4 is 5.90 Å². The van der Waals surface area contributed by atoms with E-state index in [2.05, 4.69) is 39.8 Å². The van der Waals surface area contributed by atoms with Crippen molar-refractivity contribution in [3.63, 3.8) is 0 Å². The van der Waals surface area contributed by atoms with Gasteiger partial charge < -0.3 is 4.74 Å². The normalized spacial score (nSPS) is 18.4. The van der Waals surface area contributed by atoms with Crippen LogP contribution in [0.2, 0.25) is 0 Å². The van der Waals surface area contributed by atoms with Crippen LogP contribution in [0, 0.1) is 11.8 Å². The molecular formula is C15H21NO. The second kappa shape index (κ2) is 4.52. The van der Waals surface area contributed by atoms with Gasteiger partial charge in [0.05, 0.1) is 0 Å². The van der Waals surface area contributed by atoms with Crippen LogP contribution in [-0.2, 0) is 4.74 Å². The summed E-state index contributed by atoms with van der Waals surface area (Å²) in [5.41, 5.74) is 1.02. The molecule has 1 aromatic carbocycles. The fourth-order valence-electron chi connectivity index (χ4n) is 2.42. The van der Waals surface area contributed by atoms with Crippen molar-refractivity contribution < 1.29 is 4.74 Å². The summed E-state index contributed by atoms with van der Waals surface area (Å²) < 4.78 is 5.83. The van der Waals surface area contributed by atoms with Crippen LogP contribution < -0.4 is 0 Å². The summed E-state index contributed by atoms with van der Waals surface area (Å²) in [4.78, 5) is 4.88. The molecule has 0 saturated heterocycles. The molecule has 0 saturated carbocycles. The van der Waals surface area contributed by atoms with Crippen molar-refractivity contribution in [1.82, 2.24) is 0 Å². The first-order valence-electron chi connectivity index (χ1n) is 6.34. The molecule has 0 aliphatic carbocycles. The van der Waals surface area contributed by atoms with E-state index in [0.717, 1.165) is 11.5 Å². The van der Waals surface area contributed by atoms with E-state index in [1.807, 2.05) is 18.2 Å². The van der Waals surface area contributed by atoms with Crippen molar-refractivity contribution in [2.24, 2.45) is 16.8 Å². The van der Waals surface area contributed by atoms with Crippen molar-refractivity contribution in [3.8, 4) is 0 Å². The fourth-order valence-corrected chi connectivity index (χ4v) is 2.42. The maximum Gasteiger partial charge on any atom is 0.216 e. The number of rotatable bonds is 3. The Balaban J connectivity index is 2.35. The molecule has 17 heavy (non-hydrogen) atoms. The van der Waals surface area contributed by atoms with Crippen LogP contribution in [0.25, 0.3) is 0 Å². The molecular weight excluding hydrogens is 210 g/mol. The van der Waals surface area contributed by atoms with Crippen LogP contribution in [0.5, 0.6) is 0 Å². The minimum Gasteiger partial charge on any atom is -0.475 e. The van der Waals surface area contributed by atoms with Gasteiger partial charge in [-0.1, -0.05) is 45.9 Å². The van der Waals surface area contributed by atoms with E-state index in [9.17, 15) is 0 Å². The first-order chi connectivity index (χ1) is 8.06. The highest BCUT2D eigenvalue weighted by atomic mass is 16.5. The molecule has 2 heteroatoms. The zero-order valence-corrected chi connectivity index (χ0v) is 11.1. The van der Waals surface area contributed by atoms with Gasteiger partial charge >= 0.3 is 0 Å². The van der Waals surface area contributed by atoms with Crippen LogP contribution in [0.4, 0.5) is 0 Å². The van der Waals surface area contributed by atoms with E-state index >= 15 is 0 Å². The summed E-state index contributed by atoms with van der Waals surface area (Å²) in [5, 5.41) is 0. The lowest BCUT2D eigenvalue weighted by atomic mass is 9.78. The van der Waals surface area contributed by atoms with Gasteiger partial charge in [0, 0.05) is 5.56 Å². The minimum atomic E-state index is -0.0643. The van der Waals surface area contributed by atoms with Crippen molar-refractivity contribution in [1.29, 1.82) is 0 Å². The van der Waals surface area contributed by atoms with Gasteiger partial charge in [-0.3, -0.25) is 0 Å². The molecule has 0 atom stereocenters. The molecule has 1 heterocycles. The van der Waals surface area contributed by atoms with E-state index in [4.69, 9.17) is 9.73 Å². The first kappa shape index (κ1) is 12.2. The molecule has 1 aliphatic rings. The molecule has 0 bridgehead atoms. The largest absolute Gasteiger partial charge is 0.475 e. The van der Waals surface area contributed by atoms with E-state index in [1.54, 1.807) is 0 Å². The quantitative estimate of drug-likeness (QED) is 0.780. The summed E-state index contributed by atoms with van der Waals surface area (Å²) in [6, 6.07) is 10.2. The minimum absolute atomic E-state index is 0.0643. The van der Waals surface area contributed by atoms with E-state index in [0.29, 0.717) is 18.4 Å². The monoisotopic (exact) mass is 231 g/mol. The van der Waals surface area contributed by atoms with Gasteiger partial charge in [0.15, 0.2) is 0 Å². The average Bonchev–Trinajstić information content (AvgIpc) is 2.76. The molecule has 0 fully saturated rings. The van der Waals surface area contributed by atoms with Gasteiger partial charge in [-0.25, -0.2) is 4.99 Å². The molecule has 1 aliphatic heterocycles. The predicted octanol–water partition coefficient (Wildman–Crippen LogP) is 3.51. The second-order valence-corrected chi connectivity index (χ2v) is 5.37. The van der Waals surface area contributed by atoms with Gasteiger partial charge in [0.1, 0.15) is 12.1 Å². The molecule has 0 radical (unpaired) electrons. The van der Waals surface area contributed by atoms with Crippen LogP contribution in [0.15, 0.2) is 35.3 Å². The number of benzene rings is 1. The van der Waals surface area contributed by atoms with E-state index in [-0.39, 0.29) is 5.54 Å². The molecule has 1 aromatic rings. The smallest absolute Gasteiger partial charge is 0.216 e. The van der Waals surface area contributed by atoms with Crippen molar-refractivity contribution in [2.45, 2.75) is 33.2 Å². The Morgan fingerprint density at radius 3 is 2.12 bits per heavy atom. The Bertz CT molecular complexity index is 398. The highest BCUT2D eigenvalue weighted by Gasteiger charge is 2.42. The molecule has 0 amide bonds. The number of ether oxygens (including phenoxy) is 1. The number of nitrogens with zero attached hydrogens (tertiary/aromatic N) is 1. The Morgan fingerprint density at radius 1 is 1.06 bits per heavy atom. The third-order valence-electron chi connectivity index (χ3n) is 3.77. The molecule has 2 nitrogen and oxygen atoms in total.